The maximum absolute atomic E-state index is 12.7. The second-order valence-electron chi connectivity index (χ2n) is 7.85. The lowest BCUT2D eigenvalue weighted by Gasteiger charge is -2.35. The lowest BCUT2D eigenvalue weighted by atomic mass is 10.00. The molecule has 1 amide bonds. The van der Waals surface area contributed by atoms with Crippen molar-refractivity contribution >= 4 is 33.4 Å². The van der Waals surface area contributed by atoms with Gasteiger partial charge in [0.05, 0.1) is 10.6 Å². The minimum absolute atomic E-state index is 0.130. The Morgan fingerprint density at radius 3 is 2.72 bits per heavy atom. The van der Waals surface area contributed by atoms with Crippen LogP contribution < -0.4 is 10.0 Å². The number of piperidine rings is 1. The van der Waals surface area contributed by atoms with Crippen molar-refractivity contribution in [3.63, 3.8) is 0 Å². The third-order valence-electron chi connectivity index (χ3n) is 5.40. The first-order chi connectivity index (χ1) is 13.8. The summed E-state index contributed by atoms with van der Waals surface area (Å²) in [5, 5.41) is 2.84. The molecule has 2 N–H and O–H groups in total. The summed E-state index contributed by atoms with van der Waals surface area (Å²) >= 11 is 1.47. The van der Waals surface area contributed by atoms with E-state index in [1.165, 1.54) is 31.0 Å². The highest BCUT2D eigenvalue weighted by molar-refractivity contribution is 7.98. The van der Waals surface area contributed by atoms with Gasteiger partial charge in [0.25, 0.3) is 0 Å². The minimum Gasteiger partial charge on any atom is -0.325 e. The van der Waals surface area contributed by atoms with Crippen molar-refractivity contribution in [2.75, 3.05) is 31.2 Å². The summed E-state index contributed by atoms with van der Waals surface area (Å²) in [5.74, 6) is -0.306. The highest BCUT2D eigenvalue weighted by Gasteiger charge is 2.21. The quantitative estimate of drug-likeness (QED) is 0.425. The highest BCUT2D eigenvalue weighted by atomic mass is 32.2. The predicted octanol–water partition coefficient (Wildman–Crippen LogP) is 3.94. The van der Waals surface area contributed by atoms with Gasteiger partial charge in [-0.25, -0.2) is 13.1 Å². The van der Waals surface area contributed by atoms with Gasteiger partial charge in [-0.15, -0.1) is 11.8 Å². The number of hydrogen-bond donors (Lipinski definition) is 2. The maximum Gasteiger partial charge on any atom is 0.240 e. The van der Waals surface area contributed by atoms with Crippen LogP contribution in [0.5, 0.6) is 0 Å². The lowest BCUT2D eigenvalue weighted by molar-refractivity contribution is -0.118. The number of nitrogens with zero attached hydrogens (tertiary/aromatic N) is 1. The molecular formula is C21H35N3O3S2. The average molecular weight is 442 g/mol. The largest absolute Gasteiger partial charge is 0.325 e. The van der Waals surface area contributed by atoms with Crippen molar-refractivity contribution < 1.29 is 13.2 Å². The molecular weight excluding hydrogens is 406 g/mol. The Bertz CT molecular complexity index is 781. The van der Waals surface area contributed by atoms with Crippen LogP contribution >= 0.6 is 11.8 Å². The van der Waals surface area contributed by atoms with Crippen LogP contribution in [-0.2, 0) is 14.8 Å². The van der Waals surface area contributed by atoms with E-state index in [2.05, 4.69) is 21.9 Å². The van der Waals surface area contributed by atoms with Crippen molar-refractivity contribution in [1.29, 1.82) is 0 Å². The fraction of sp³-hybridized carbons (Fsp3) is 0.667. The van der Waals surface area contributed by atoms with Gasteiger partial charge in [-0.1, -0.05) is 27.2 Å². The van der Waals surface area contributed by atoms with Crippen LogP contribution in [0.1, 0.15) is 52.9 Å². The molecule has 6 nitrogen and oxygen atoms in total. The maximum atomic E-state index is 12.7. The Balaban J connectivity index is 1.98. The van der Waals surface area contributed by atoms with Crippen LogP contribution in [-0.4, -0.2) is 51.2 Å². The highest BCUT2D eigenvalue weighted by Crippen LogP contribution is 2.28. The van der Waals surface area contributed by atoms with Crippen molar-refractivity contribution in [2.24, 2.45) is 5.92 Å². The van der Waals surface area contributed by atoms with E-state index in [4.69, 9.17) is 0 Å². The van der Waals surface area contributed by atoms with Gasteiger partial charge in [-0.2, -0.15) is 0 Å². The Morgan fingerprint density at radius 2 is 2.07 bits per heavy atom. The minimum atomic E-state index is -3.61. The summed E-state index contributed by atoms with van der Waals surface area (Å²) in [6.45, 7) is 8.28. The normalized spacial score (nSPS) is 18.2. The number of carbonyl (C=O) groups is 1. The lowest BCUT2D eigenvalue weighted by Crippen LogP contribution is -2.40. The fourth-order valence-electron chi connectivity index (χ4n) is 3.62. The SMILES string of the molecule is CCC1CCCCN1CCCNS(=O)(=O)c1ccc(SC)c(NC(=O)C(C)C)c1. The first-order valence-corrected chi connectivity index (χ1v) is 13.2. The number of likely N-dealkylation sites (tertiary alicyclic amines) is 1. The van der Waals surface area contributed by atoms with Crippen molar-refractivity contribution in [1.82, 2.24) is 9.62 Å². The number of thioether (sulfide) groups is 1. The first-order valence-electron chi connectivity index (χ1n) is 10.5. The van der Waals surface area contributed by atoms with Crippen LogP contribution in [0.2, 0.25) is 0 Å². The second-order valence-corrected chi connectivity index (χ2v) is 10.5. The van der Waals surface area contributed by atoms with Crippen LogP contribution in [0.15, 0.2) is 28.0 Å². The smallest absolute Gasteiger partial charge is 0.240 e. The van der Waals surface area contributed by atoms with E-state index < -0.39 is 10.0 Å². The van der Waals surface area contributed by atoms with Gasteiger partial charge in [-0.3, -0.25) is 4.79 Å². The molecule has 0 radical (unpaired) electrons. The van der Waals surface area contributed by atoms with Gasteiger partial charge in [0.2, 0.25) is 15.9 Å². The topological polar surface area (TPSA) is 78.5 Å². The molecule has 0 saturated carbocycles. The molecule has 1 atom stereocenters. The average Bonchev–Trinajstić information content (AvgIpc) is 2.71. The Labute approximate surface area is 180 Å². The molecule has 164 valence electrons. The van der Waals surface area contributed by atoms with Gasteiger partial charge < -0.3 is 10.2 Å². The third kappa shape index (κ3) is 6.98. The van der Waals surface area contributed by atoms with E-state index in [-0.39, 0.29) is 16.7 Å². The second kappa shape index (κ2) is 11.3. The molecule has 1 saturated heterocycles. The molecule has 1 aliphatic heterocycles. The monoisotopic (exact) mass is 441 g/mol. The molecule has 0 aliphatic carbocycles. The molecule has 0 bridgehead atoms. The molecule has 0 spiro atoms. The Hall–Kier alpha value is -1.09. The van der Waals surface area contributed by atoms with Gasteiger partial charge in [0.1, 0.15) is 0 Å². The van der Waals surface area contributed by atoms with Crippen molar-refractivity contribution in [3.05, 3.63) is 18.2 Å². The molecule has 1 unspecified atom stereocenters. The molecule has 8 heteroatoms. The Morgan fingerprint density at radius 1 is 1.31 bits per heavy atom. The predicted molar refractivity (Wildman–Crippen MR) is 121 cm³/mol. The number of hydrogen-bond acceptors (Lipinski definition) is 5. The molecule has 2 rings (SSSR count). The van der Waals surface area contributed by atoms with Crippen molar-refractivity contribution in [2.45, 2.75) is 68.7 Å². The zero-order valence-corrected chi connectivity index (χ0v) is 19.7. The number of anilines is 1. The van der Waals surface area contributed by atoms with Crippen molar-refractivity contribution in [3.8, 4) is 0 Å². The summed E-state index contributed by atoms with van der Waals surface area (Å²) in [6, 6.07) is 5.52. The van der Waals surface area contributed by atoms with E-state index in [1.807, 2.05) is 20.1 Å². The van der Waals surface area contributed by atoms with E-state index in [0.29, 0.717) is 18.3 Å². The molecule has 0 aromatic heterocycles. The zero-order valence-electron chi connectivity index (χ0n) is 18.0. The molecule has 1 aliphatic rings. The van der Waals surface area contributed by atoms with Crippen LogP contribution in [0.25, 0.3) is 0 Å². The first kappa shape index (κ1) is 24.2. The molecule has 1 heterocycles. The summed E-state index contributed by atoms with van der Waals surface area (Å²) in [5.41, 5.74) is 0.540. The van der Waals surface area contributed by atoms with E-state index in [9.17, 15) is 13.2 Å². The summed E-state index contributed by atoms with van der Waals surface area (Å²) in [7, 11) is -3.61. The molecule has 1 fully saturated rings. The van der Waals surface area contributed by atoms with Gasteiger partial charge in [-0.05, 0) is 63.2 Å². The van der Waals surface area contributed by atoms with Crippen LogP contribution in [0.3, 0.4) is 0 Å². The number of benzene rings is 1. The van der Waals surface area contributed by atoms with Crippen LogP contribution in [0.4, 0.5) is 5.69 Å². The van der Waals surface area contributed by atoms with E-state index >= 15 is 0 Å². The van der Waals surface area contributed by atoms with Gasteiger partial charge in [0, 0.05) is 23.4 Å². The summed E-state index contributed by atoms with van der Waals surface area (Å²) in [6.07, 6.45) is 7.61. The van der Waals surface area contributed by atoms with Gasteiger partial charge >= 0.3 is 0 Å². The Kier molecular flexibility index (Phi) is 9.46. The number of sulfonamides is 1. The summed E-state index contributed by atoms with van der Waals surface area (Å²) < 4.78 is 28.2. The molecule has 1 aromatic rings. The fourth-order valence-corrected chi connectivity index (χ4v) is 5.25. The zero-order chi connectivity index (χ0) is 21.4. The van der Waals surface area contributed by atoms with Gasteiger partial charge in [0.15, 0.2) is 0 Å². The summed E-state index contributed by atoms with van der Waals surface area (Å²) in [4.78, 5) is 15.6. The van der Waals surface area contributed by atoms with E-state index in [1.54, 1.807) is 18.2 Å². The number of nitrogens with one attached hydrogen (secondary N) is 2. The van der Waals surface area contributed by atoms with E-state index in [0.717, 1.165) is 30.8 Å². The molecule has 1 aromatic carbocycles. The third-order valence-corrected chi connectivity index (χ3v) is 7.65. The number of carbonyl (C=O) groups excluding carboxylic acids is 1. The number of rotatable bonds is 10. The number of amides is 1. The van der Waals surface area contributed by atoms with Crippen LogP contribution in [0, 0.1) is 5.92 Å². The molecule has 29 heavy (non-hydrogen) atoms. The standard InChI is InChI=1S/C21H35N3O3S2/c1-5-17-9-6-7-13-24(17)14-8-12-22-29(26,27)18-10-11-20(28-4)19(15-18)23-21(25)16(2)3/h10-11,15-17,22H,5-9,12-14H2,1-4H3,(H,23,25).